The number of rotatable bonds is 3. The first-order valence-electron chi connectivity index (χ1n) is 4.53. The number of ether oxygens (including phenoxy) is 1. The predicted octanol–water partition coefficient (Wildman–Crippen LogP) is 0.950. The van der Waals surface area contributed by atoms with Crippen LogP contribution in [0.25, 0.3) is 0 Å². The van der Waals surface area contributed by atoms with Gasteiger partial charge in [-0.2, -0.15) is 0 Å². The molecule has 0 saturated heterocycles. The smallest absolute Gasteiger partial charge is 0.339 e. The SMILES string of the molecule is COC(=O)C(O)c1c(Cl)cccc1S(C)(=O)=O. The summed E-state index contributed by atoms with van der Waals surface area (Å²) in [4.78, 5) is 11.0. The summed E-state index contributed by atoms with van der Waals surface area (Å²) in [7, 11) is -2.51. The molecule has 1 rings (SSSR count). The summed E-state index contributed by atoms with van der Waals surface area (Å²) in [5.41, 5.74) is -0.163. The molecule has 0 bridgehead atoms. The van der Waals surface area contributed by atoms with Crippen molar-refractivity contribution in [2.24, 2.45) is 0 Å². The lowest BCUT2D eigenvalue weighted by molar-refractivity contribution is -0.150. The van der Waals surface area contributed by atoms with E-state index in [2.05, 4.69) is 4.74 Å². The standard InChI is InChI=1S/C10H11ClO5S/c1-16-10(13)9(12)8-6(11)4-3-5-7(8)17(2,14)15/h3-5,9,12H,1-2H3. The zero-order valence-electron chi connectivity index (χ0n) is 9.18. The van der Waals surface area contributed by atoms with E-state index >= 15 is 0 Å². The van der Waals surface area contributed by atoms with Crippen LogP contribution in [-0.4, -0.2) is 32.9 Å². The van der Waals surface area contributed by atoms with Crippen molar-refractivity contribution in [3.63, 3.8) is 0 Å². The molecule has 0 amide bonds. The van der Waals surface area contributed by atoms with Crippen molar-refractivity contribution in [3.05, 3.63) is 28.8 Å². The molecular formula is C10H11ClO5S. The predicted molar refractivity (Wildman–Crippen MR) is 61.5 cm³/mol. The minimum Gasteiger partial charge on any atom is -0.467 e. The van der Waals surface area contributed by atoms with E-state index in [0.717, 1.165) is 13.4 Å². The van der Waals surface area contributed by atoms with Gasteiger partial charge in [-0.25, -0.2) is 13.2 Å². The van der Waals surface area contributed by atoms with Gasteiger partial charge in [0.1, 0.15) is 0 Å². The Morgan fingerprint density at radius 2 is 2.06 bits per heavy atom. The topological polar surface area (TPSA) is 80.7 Å². The quantitative estimate of drug-likeness (QED) is 0.833. The van der Waals surface area contributed by atoms with Gasteiger partial charge in [-0.3, -0.25) is 0 Å². The number of esters is 1. The third kappa shape index (κ3) is 2.96. The molecule has 0 fully saturated rings. The van der Waals surface area contributed by atoms with Crippen molar-refractivity contribution in [2.45, 2.75) is 11.0 Å². The van der Waals surface area contributed by atoms with E-state index in [1.54, 1.807) is 0 Å². The molecule has 94 valence electrons. The van der Waals surface area contributed by atoms with Crippen molar-refractivity contribution < 1.29 is 23.1 Å². The van der Waals surface area contributed by atoms with Crippen LogP contribution in [-0.2, 0) is 19.4 Å². The van der Waals surface area contributed by atoms with Gasteiger partial charge in [-0.1, -0.05) is 17.7 Å². The Hall–Kier alpha value is -1.11. The fourth-order valence-electron chi connectivity index (χ4n) is 1.34. The lowest BCUT2D eigenvalue weighted by Crippen LogP contribution is -2.17. The summed E-state index contributed by atoms with van der Waals surface area (Å²) in [6.07, 6.45) is -0.759. The molecule has 1 atom stereocenters. The van der Waals surface area contributed by atoms with Crippen LogP contribution < -0.4 is 0 Å². The number of aliphatic hydroxyl groups excluding tert-OH is 1. The van der Waals surface area contributed by atoms with Crippen LogP contribution >= 0.6 is 11.6 Å². The summed E-state index contributed by atoms with van der Waals surface area (Å²) in [6.45, 7) is 0. The van der Waals surface area contributed by atoms with E-state index in [0.29, 0.717) is 0 Å². The second-order valence-electron chi connectivity index (χ2n) is 3.35. The van der Waals surface area contributed by atoms with E-state index in [1.165, 1.54) is 18.2 Å². The lowest BCUT2D eigenvalue weighted by Gasteiger charge is -2.14. The third-order valence-electron chi connectivity index (χ3n) is 2.11. The number of aliphatic hydroxyl groups is 1. The number of sulfone groups is 1. The first-order valence-corrected chi connectivity index (χ1v) is 6.80. The number of benzene rings is 1. The van der Waals surface area contributed by atoms with Crippen LogP contribution in [0.15, 0.2) is 23.1 Å². The maximum atomic E-state index is 11.5. The van der Waals surface area contributed by atoms with Crippen molar-refractivity contribution in [1.82, 2.24) is 0 Å². The van der Waals surface area contributed by atoms with Crippen LogP contribution in [0.1, 0.15) is 11.7 Å². The number of hydrogen-bond donors (Lipinski definition) is 1. The van der Waals surface area contributed by atoms with E-state index < -0.39 is 21.9 Å². The number of methoxy groups -OCH3 is 1. The van der Waals surface area contributed by atoms with Crippen molar-refractivity contribution >= 4 is 27.4 Å². The maximum absolute atomic E-state index is 11.5. The molecule has 7 heteroatoms. The van der Waals surface area contributed by atoms with Crippen molar-refractivity contribution in [3.8, 4) is 0 Å². The molecule has 0 aliphatic heterocycles. The number of carbonyl (C=O) groups is 1. The first kappa shape index (κ1) is 14.0. The Morgan fingerprint density at radius 3 is 2.53 bits per heavy atom. The molecule has 1 unspecified atom stereocenters. The van der Waals surface area contributed by atoms with Gasteiger partial charge in [-0.05, 0) is 12.1 Å². The minimum atomic E-state index is -3.59. The molecule has 1 N–H and O–H groups in total. The second kappa shape index (κ2) is 5.03. The maximum Gasteiger partial charge on any atom is 0.339 e. The van der Waals surface area contributed by atoms with Gasteiger partial charge in [0.15, 0.2) is 15.9 Å². The highest BCUT2D eigenvalue weighted by molar-refractivity contribution is 7.90. The molecule has 17 heavy (non-hydrogen) atoms. The highest BCUT2D eigenvalue weighted by Crippen LogP contribution is 2.30. The van der Waals surface area contributed by atoms with Gasteiger partial charge < -0.3 is 9.84 Å². The van der Waals surface area contributed by atoms with E-state index in [1.807, 2.05) is 0 Å². The number of carbonyl (C=O) groups excluding carboxylic acids is 1. The monoisotopic (exact) mass is 278 g/mol. The van der Waals surface area contributed by atoms with E-state index in [-0.39, 0.29) is 15.5 Å². The molecule has 1 aromatic rings. The summed E-state index contributed by atoms with van der Waals surface area (Å²) in [5.74, 6) is -0.969. The van der Waals surface area contributed by atoms with E-state index in [4.69, 9.17) is 11.6 Å². The molecule has 0 heterocycles. The first-order chi connectivity index (χ1) is 7.79. The molecule has 0 radical (unpaired) electrons. The van der Waals surface area contributed by atoms with Crippen LogP contribution in [0.4, 0.5) is 0 Å². The fraction of sp³-hybridized carbons (Fsp3) is 0.300. The van der Waals surface area contributed by atoms with Gasteiger partial charge in [0.2, 0.25) is 0 Å². The van der Waals surface area contributed by atoms with Crippen molar-refractivity contribution in [1.29, 1.82) is 0 Å². The summed E-state index contributed by atoms with van der Waals surface area (Å²) >= 11 is 5.80. The highest BCUT2D eigenvalue weighted by atomic mass is 35.5. The average molecular weight is 279 g/mol. The Balaban J connectivity index is 3.46. The largest absolute Gasteiger partial charge is 0.467 e. The van der Waals surface area contributed by atoms with Crippen molar-refractivity contribution in [2.75, 3.05) is 13.4 Å². The van der Waals surface area contributed by atoms with Gasteiger partial charge in [0.05, 0.1) is 12.0 Å². The Bertz CT molecular complexity index is 538. The molecular weight excluding hydrogens is 268 g/mol. The molecule has 0 spiro atoms. The van der Waals surface area contributed by atoms with Crippen LogP contribution in [0.5, 0.6) is 0 Å². The number of hydrogen-bond acceptors (Lipinski definition) is 5. The van der Waals surface area contributed by atoms with Gasteiger partial charge in [-0.15, -0.1) is 0 Å². The third-order valence-corrected chi connectivity index (χ3v) is 3.59. The molecule has 0 aromatic heterocycles. The van der Waals surface area contributed by atoms with E-state index in [9.17, 15) is 18.3 Å². The zero-order valence-corrected chi connectivity index (χ0v) is 10.7. The summed E-state index contributed by atoms with van der Waals surface area (Å²) in [5, 5.41) is 9.68. The lowest BCUT2D eigenvalue weighted by atomic mass is 10.1. The fourth-order valence-corrected chi connectivity index (χ4v) is 2.62. The Labute approximate surface area is 104 Å². The Morgan fingerprint density at radius 1 is 1.47 bits per heavy atom. The van der Waals surface area contributed by atoms with Gasteiger partial charge in [0, 0.05) is 16.8 Å². The molecule has 0 aliphatic carbocycles. The minimum absolute atomic E-state index is 0.00850. The second-order valence-corrected chi connectivity index (χ2v) is 5.74. The van der Waals surface area contributed by atoms with Crippen LogP contribution in [0.3, 0.4) is 0 Å². The zero-order chi connectivity index (χ0) is 13.2. The van der Waals surface area contributed by atoms with Gasteiger partial charge in [0.25, 0.3) is 0 Å². The van der Waals surface area contributed by atoms with Crippen LogP contribution in [0, 0.1) is 0 Å². The molecule has 0 aliphatic rings. The Kier molecular flexibility index (Phi) is 4.13. The number of halogens is 1. The average Bonchev–Trinajstić information content (AvgIpc) is 2.25. The molecule has 0 saturated carbocycles. The molecule has 5 nitrogen and oxygen atoms in total. The normalized spacial score (nSPS) is 13.2. The van der Waals surface area contributed by atoms with Crippen LogP contribution in [0.2, 0.25) is 5.02 Å². The summed E-state index contributed by atoms with van der Waals surface area (Å²) < 4.78 is 27.3. The molecule has 1 aromatic carbocycles. The highest BCUT2D eigenvalue weighted by Gasteiger charge is 2.27. The summed E-state index contributed by atoms with van der Waals surface area (Å²) in [6, 6.07) is 4.08. The van der Waals surface area contributed by atoms with Gasteiger partial charge >= 0.3 is 5.97 Å².